The van der Waals surface area contributed by atoms with Gasteiger partial charge in [0.05, 0.1) is 0 Å². The maximum Gasteiger partial charge on any atom is 0.320 e. The van der Waals surface area contributed by atoms with E-state index in [-0.39, 0.29) is 16.5 Å². The smallest absolute Gasteiger partial charge is 0.320 e. The minimum atomic E-state index is -0.913. The first kappa shape index (κ1) is 24.1. The average molecular weight is 357 g/mol. The zero-order chi connectivity index (χ0) is 14.6. The summed E-state index contributed by atoms with van der Waals surface area (Å²) in [6.45, 7) is 0. The minimum absolute atomic E-state index is 0. The summed E-state index contributed by atoms with van der Waals surface area (Å²) >= 11 is 3.21. The number of thioether (sulfide) groups is 2. The van der Waals surface area contributed by atoms with Gasteiger partial charge < -0.3 is 21.7 Å². The van der Waals surface area contributed by atoms with Gasteiger partial charge in [-0.2, -0.15) is 23.5 Å². The third kappa shape index (κ3) is 18.1. The number of hydrogen-bond acceptors (Lipinski definition) is 6. The standard InChI is InChI=1S/2C5H11NO2S.Ni/c2*1-9-3-2-4(6)5(7)8;/h2*4H,2-3,6H2,1H3,(H,7,8);. The largest absolute Gasteiger partial charge is 0.480 e. The molecule has 0 spiro atoms. The van der Waals surface area contributed by atoms with Crippen LogP contribution in [0.5, 0.6) is 0 Å². The second-order valence-electron chi connectivity index (χ2n) is 3.45. The van der Waals surface area contributed by atoms with Crippen LogP contribution >= 0.6 is 23.5 Å². The van der Waals surface area contributed by atoms with Crippen LogP contribution in [-0.4, -0.2) is 58.3 Å². The topological polar surface area (TPSA) is 127 Å². The summed E-state index contributed by atoms with van der Waals surface area (Å²) in [5, 5.41) is 16.5. The molecule has 0 aliphatic rings. The van der Waals surface area contributed by atoms with Gasteiger partial charge >= 0.3 is 11.9 Å². The van der Waals surface area contributed by atoms with E-state index in [9.17, 15) is 9.59 Å². The molecule has 0 heterocycles. The molecule has 0 saturated carbocycles. The Morgan fingerprint density at radius 1 is 0.947 bits per heavy atom. The van der Waals surface area contributed by atoms with Gasteiger partial charge in [0.15, 0.2) is 0 Å². The number of carbonyl (C=O) groups is 2. The van der Waals surface area contributed by atoms with Gasteiger partial charge in [0, 0.05) is 16.5 Å². The summed E-state index contributed by atoms with van der Waals surface area (Å²) in [4.78, 5) is 20.1. The molecule has 6 nitrogen and oxygen atoms in total. The molecule has 6 N–H and O–H groups in total. The Hall–Kier alpha value is 0.0535. The molecule has 0 aliphatic carbocycles. The normalized spacial score (nSPS) is 12.4. The number of rotatable bonds is 8. The Labute approximate surface area is 132 Å². The monoisotopic (exact) mass is 356 g/mol. The second-order valence-corrected chi connectivity index (χ2v) is 5.42. The Kier molecular flexibility index (Phi) is 20.4. The summed E-state index contributed by atoms with van der Waals surface area (Å²) in [7, 11) is 0. The summed E-state index contributed by atoms with van der Waals surface area (Å²) in [6, 6.07) is -1.37. The van der Waals surface area contributed by atoms with E-state index in [0.29, 0.717) is 12.8 Å². The van der Waals surface area contributed by atoms with Crippen LogP contribution in [0.25, 0.3) is 0 Å². The van der Waals surface area contributed by atoms with Crippen molar-refractivity contribution in [1.82, 2.24) is 0 Å². The van der Waals surface area contributed by atoms with Crippen LogP contribution in [0.2, 0.25) is 0 Å². The maximum atomic E-state index is 10.1. The van der Waals surface area contributed by atoms with Crippen molar-refractivity contribution < 1.29 is 36.3 Å². The van der Waals surface area contributed by atoms with Crippen LogP contribution < -0.4 is 11.5 Å². The Balaban J connectivity index is -0.000000256. The van der Waals surface area contributed by atoms with Gasteiger partial charge in [-0.3, -0.25) is 9.59 Å². The molecule has 0 aromatic carbocycles. The molecule has 19 heavy (non-hydrogen) atoms. The van der Waals surface area contributed by atoms with E-state index in [1.165, 1.54) is 0 Å². The third-order valence-electron chi connectivity index (χ3n) is 1.90. The first-order valence-electron chi connectivity index (χ1n) is 5.31. The molecule has 2 unspecified atom stereocenters. The van der Waals surface area contributed by atoms with E-state index >= 15 is 0 Å². The van der Waals surface area contributed by atoms with Crippen molar-refractivity contribution in [2.24, 2.45) is 11.5 Å². The molecular formula is C10H22N2NiO4S2. The Bertz CT molecular complexity index is 224. The van der Waals surface area contributed by atoms with Crippen molar-refractivity contribution in [1.29, 1.82) is 0 Å². The SMILES string of the molecule is CSCCC(N)C(=O)O.CSCCC(N)C(=O)O.[Ni]. The maximum absolute atomic E-state index is 10.1. The van der Waals surface area contributed by atoms with Crippen LogP contribution in [0, 0.1) is 0 Å². The molecule has 118 valence electrons. The predicted octanol–water partition coefficient (Wildman–Crippen LogP) is 0.300. The van der Waals surface area contributed by atoms with Crippen LogP contribution in [-0.2, 0) is 26.1 Å². The third-order valence-corrected chi connectivity index (χ3v) is 3.19. The Morgan fingerprint density at radius 2 is 1.21 bits per heavy atom. The minimum Gasteiger partial charge on any atom is -0.480 e. The molecular weight excluding hydrogens is 335 g/mol. The van der Waals surface area contributed by atoms with Gasteiger partial charge in [-0.1, -0.05) is 0 Å². The van der Waals surface area contributed by atoms with Crippen LogP contribution in [0.15, 0.2) is 0 Å². The molecule has 0 aromatic rings. The van der Waals surface area contributed by atoms with Crippen molar-refractivity contribution in [3.8, 4) is 0 Å². The first-order valence-corrected chi connectivity index (χ1v) is 8.10. The molecule has 0 aromatic heterocycles. The fraction of sp³-hybridized carbons (Fsp3) is 0.800. The number of carboxylic acids is 2. The fourth-order valence-electron chi connectivity index (χ4n) is 0.737. The molecule has 0 fully saturated rings. The van der Waals surface area contributed by atoms with Crippen molar-refractivity contribution in [3.05, 3.63) is 0 Å². The van der Waals surface area contributed by atoms with Gasteiger partial charge in [0.1, 0.15) is 12.1 Å². The van der Waals surface area contributed by atoms with Gasteiger partial charge in [-0.15, -0.1) is 0 Å². The van der Waals surface area contributed by atoms with Crippen molar-refractivity contribution in [3.63, 3.8) is 0 Å². The Morgan fingerprint density at radius 3 is 1.37 bits per heavy atom. The molecule has 2 atom stereocenters. The fourth-order valence-corrected chi connectivity index (χ4v) is 1.72. The van der Waals surface area contributed by atoms with E-state index < -0.39 is 24.0 Å². The van der Waals surface area contributed by atoms with Crippen LogP contribution in [0.4, 0.5) is 0 Å². The second kappa shape index (κ2) is 16.1. The van der Waals surface area contributed by atoms with Crippen molar-refractivity contribution in [2.45, 2.75) is 24.9 Å². The van der Waals surface area contributed by atoms with E-state index in [1.807, 2.05) is 12.5 Å². The predicted molar refractivity (Wildman–Crippen MR) is 77.2 cm³/mol. The molecule has 0 aliphatic heterocycles. The van der Waals surface area contributed by atoms with E-state index in [0.717, 1.165) is 11.5 Å². The van der Waals surface area contributed by atoms with E-state index in [4.69, 9.17) is 21.7 Å². The van der Waals surface area contributed by atoms with Gasteiger partial charge in [0.25, 0.3) is 0 Å². The summed E-state index contributed by atoms with van der Waals surface area (Å²) in [5.41, 5.74) is 10.4. The number of aliphatic carboxylic acids is 2. The van der Waals surface area contributed by atoms with Gasteiger partial charge in [-0.25, -0.2) is 0 Å². The van der Waals surface area contributed by atoms with Gasteiger partial charge in [-0.05, 0) is 36.9 Å². The number of nitrogens with two attached hydrogens (primary N) is 2. The van der Waals surface area contributed by atoms with E-state index in [1.54, 1.807) is 23.5 Å². The first-order chi connectivity index (χ1) is 8.36. The number of carboxylic acid groups (broad SMARTS) is 2. The quantitative estimate of drug-likeness (QED) is 0.457. The van der Waals surface area contributed by atoms with Crippen LogP contribution in [0.1, 0.15) is 12.8 Å². The molecule has 0 saturated heterocycles. The van der Waals surface area contributed by atoms with Crippen molar-refractivity contribution >= 4 is 35.5 Å². The van der Waals surface area contributed by atoms with Gasteiger partial charge in [0.2, 0.25) is 0 Å². The molecule has 9 heteroatoms. The molecule has 0 bridgehead atoms. The summed E-state index contributed by atoms with van der Waals surface area (Å²) in [6.07, 6.45) is 4.95. The zero-order valence-electron chi connectivity index (χ0n) is 11.0. The van der Waals surface area contributed by atoms with Crippen molar-refractivity contribution in [2.75, 3.05) is 24.0 Å². The zero-order valence-corrected chi connectivity index (χ0v) is 13.6. The number of hydrogen-bond donors (Lipinski definition) is 4. The summed E-state index contributed by atoms with van der Waals surface area (Å²) in [5.74, 6) is -0.200. The average Bonchev–Trinajstić information content (AvgIpc) is 2.33. The van der Waals surface area contributed by atoms with E-state index in [2.05, 4.69) is 0 Å². The molecule has 0 radical (unpaired) electrons. The molecule has 0 rings (SSSR count). The summed E-state index contributed by atoms with van der Waals surface area (Å²) < 4.78 is 0. The molecule has 0 amide bonds. The van der Waals surface area contributed by atoms with Crippen LogP contribution in [0.3, 0.4) is 0 Å².